The van der Waals surface area contributed by atoms with E-state index in [1.165, 1.54) is 6.08 Å². The van der Waals surface area contributed by atoms with Crippen molar-refractivity contribution in [3.05, 3.63) is 24.0 Å². The van der Waals surface area contributed by atoms with Gasteiger partial charge in [0.05, 0.1) is 19.1 Å². The lowest BCUT2D eigenvalue weighted by molar-refractivity contribution is -0.165. The highest BCUT2D eigenvalue weighted by molar-refractivity contribution is 5.99. The highest BCUT2D eigenvalue weighted by Gasteiger charge is 2.58. The van der Waals surface area contributed by atoms with Crippen molar-refractivity contribution in [1.82, 2.24) is 0 Å². The molecule has 0 aliphatic carbocycles. The molecule has 0 saturated carbocycles. The number of carbonyl (C=O) groups excluding carboxylic acids is 3. The van der Waals surface area contributed by atoms with E-state index in [-0.39, 0.29) is 30.3 Å². The first-order valence-corrected chi connectivity index (χ1v) is 9.00. The molecular formula is C19H22O8. The largest absolute Gasteiger partial charge is 0.483 e. The number of esters is 2. The molecule has 27 heavy (non-hydrogen) atoms. The number of allylic oxidation sites excluding steroid dienone is 1. The molecule has 0 aromatic rings. The topological polar surface area (TPSA) is 112 Å². The maximum Gasteiger partial charge on any atom is 0.343 e. The van der Waals surface area contributed by atoms with Gasteiger partial charge < -0.3 is 24.1 Å². The molecule has 0 unspecified atom stereocenters. The summed E-state index contributed by atoms with van der Waals surface area (Å²) < 4.78 is 22.1. The standard InChI is InChI=1S/C19H22O8/c1-9-4-12-15(10(2)16(22)25-12)13(26-17(23)19(7-20)8-24-19)6-18(3)14(21)5-11(9)27-18/h5,9,12-13,15,20H,2,4,6-8H2,1,3H3/t9-,12+,13-,15-,18+,19+/m0/s1. The Hall–Kier alpha value is -2.19. The Labute approximate surface area is 156 Å². The van der Waals surface area contributed by atoms with Crippen LogP contribution in [-0.2, 0) is 33.3 Å². The van der Waals surface area contributed by atoms with Gasteiger partial charge in [0.1, 0.15) is 18.0 Å². The Morgan fingerprint density at radius 1 is 1.44 bits per heavy atom. The van der Waals surface area contributed by atoms with E-state index < -0.39 is 47.9 Å². The van der Waals surface area contributed by atoms with E-state index in [0.717, 1.165) is 0 Å². The summed E-state index contributed by atoms with van der Waals surface area (Å²) >= 11 is 0. The first kappa shape index (κ1) is 18.2. The zero-order valence-corrected chi connectivity index (χ0v) is 15.2. The minimum absolute atomic E-state index is 0.0443. The second-order valence-corrected chi connectivity index (χ2v) is 7.96. The van der Waals surface area contributed by atoms with Crippen LogP contribution in [0.1, 0.15) is 26.7 Å². The molecule has 0 aromatic heterocycles. The number of ketones is 1. The molecule has 0 aromatic carbocycles. The van der Waals surface area contributed by atoms with Crippen molar-refractivity contribution < 1.29 is 38.4 Å². The van der Waals surface area contributed by atoms with Crippen molar-refractivity contribution in [3.63, 3.8) is 0 Å². The Kier molecular flexibility index (Phi) is 3.98. The van der Waals surface area contributed by atoms with Gasteiger partial charge in [0, 0.05) is 24.0 Å². The molecule has 3 saturated heterocycles. The van der Waals surface area contributed by atoms with Crippen LogP contribution in [0.5, 0.6) is 0 Å². The second kappa shape index (κ2) is 5.90. The van der Waals surface area contributed by atoms with Crippen molar-refractivity contribution >= 4 is 17.7 Å². The van der Waals surface area contributed by atoms with E-state index in [9.17, 15) is 19.5 Å². The Morgan fingerprint density at radius 2 is 2.15 bits per heavy atom. The van der Waals surface area contributed by atoms with Crippen LogP contribution < -0.4 is 0 Å². The van der Waals surface area contributed by atoms with Crippen molar-refractivity contribution in [2.45, 2.75) is 50.1 Å². The van der Waals surface area contributed by atoms with Crippen LogP contribution in [0.15, 0.2) is 24.0 Å². The van der Waals surface area contributed by atoms with Gasteiger partial charge in [-0.3, -0.25) is 4.79 Å². The molecule has 0 radical (unpaired) electrons. The predicted octanol–water partition coefficient (Wildman–Crippen LogP) is 0.429. The summed E-state index contributed by atoms with van der Waals surface area (Å²) in [4.78, 5) is 37.2. The zero-order chi connectivity index (χ0) is 19.6. The summed E-state index contributed by atoms with van der Waals surface area (Å²) in [5, 5.41) is 9.41. The van der Waals surface area contributed by atoms with Gasteiger partial charge in [-0.2, -0.15) is 0 Å². The quantitative estimate of drug-likeness (QED) is 0.427. The molecule has 4 rings (SSSR count). The van der Waals surface area contributed by atoms with Crippen molar-refractivity contribution in [2.24, 2.45) is 11.8 Å². The maximum atomic E-state index is 12.5. The molecule has 4 aliphatic rings. The molecule has 2 bridgehead atoms. The lowest BCUT2D eigenvalue weighted by atomic mass is 9.80. The van der Waals surface area contributed by atoms with Crippen LogP contribution in [-0.4, -0.2) is 59.5 Å². The number of hydrogen-bond donors (Lipinski definition) is 1. The molecule has 1 N–H and O–H groups in total. The lowest BCUT2D eigenvalue weighted by Gasteiger charge is -2.32. The molecule has 8 nitrogen and oxygen atoms in total. The van der Waals surface area contributed by atoms with Crippen LogP contribution in [0.3, 0.4) is 0 Å². The summed E-state index contributed by atoms with van der Waals surface area (Å²) in [7, 11) is 0. The monoisotopic (exact) mass is 378 g/mol. The first-order valence-electron chi connectivity index (χ1n) is 9.00. The first-order chi connectivity index (χ1) is 12.7. The second-order valence-electron chi connectivity index (χ2n) is 7.96. The minimum atomic E-state index is -1.36. The third-order valence-corrected chi connectivity index (χ3v) is 5.90. The van der Waals surface area contributed by atoms with Crippen LogP contribution >= 0.6 is 0 Å². The number of rotatable bonds is 3. The normalized spacial score (nSPS) is 42.9. The fourth-order valence-electron chi connectivity index (χ4n) is 4.01. The maximum absolute atomic E-state index is 12.5. The third kappa shape index (κ3) is 2.78. The number of fused-ring (bicyclic) bond motifs is 3. The fraction of sp³-hybridized carbons (Fsp3) is 0.632. The average molecular weight is 378 g/mol. The molecule has 3 fully saturated rings. The van der Waals surface area contributed by atoms with Crippen LogP contribution in [0, 0.1) is 11.8 Å². The van der Waals surface area contributed by atoms with Gasteiger partial charge in [-0.1, -0.05) is 13.5 Å². The highest BCUT2D eigenvalue weighted by Crippen LogP contribution is 2.45. The fourth-order valence-corrected chi connectivity index (χ4v) is 4.01. The minimum Gasteiger partial charge on any atom is -0.483 e. The number of epoxide rings is 1. The van der Waals surface area contributed by atoms with Crippen LogP contribution in [0.4, 0.5) is 0 Å². The highest BCUT2D eigenvalue weighted by atomic mass is 16.7. The van der Waals surface area contributed by atoms with Gasteiger partial charge in [-0.15, -0.1) is 0 Å². The summed E-state index contributed by atoms with van der Waals surface area (Å²) in [6, 6.07) is 0. The van der Waals surface area contributed by atoms with E-state index in [0.29, 0.717) is 12.2 Å². The smallest absolute Gasteiger partial charge is 0.343 e. The van der Waals surface area contributed by atoms with Crippen molar-refractivity contribution in [3.8, 4) is 0 Å². The summed E-state index contributed by atoms with van der Waals surface area (Å²) in [5.74, 6) is -1.66. The zero-order valence-electron chi connectivity index (χ0n) is 15.2. The predicted molar refractivity (Wildman–Crippen MR) is 89.1 cm³/mol. The molecule has 4 aliphatic heterocycles. The number of hydrogen-bond acceptors (Lipinski definition) is 8. The molecule has 0 amide bonds. The SMILES string of the molecule is C=C1C(=O)O[C@@H]2C[C@H](C)C3=CC(=O)[C@@](C)(C[C@H](OC(=O)[C@@]4(CO)CO4)[C@@H]12)O3. The molecular weight excluding hydrogens is 356 g/mol. The Balaban J connectivity index is 1.69. The molecule has 8 heteroatoms. The molecule has 6 atom stereocenters. The van der Waals surface area contributed by atoms with Crippen LogP contribution in [0.2, 0.25) is 0 Å². The van der Waals surface area contributed by atoms with E-state index in [2.05, 4.69) is 6.58 Å². The van der Waals surface area contributed by atoms with Crippen molar-refractivity contribution in [2.75, 3.05) is 13.2 Å². The third-order valence-electron chi connectivity index (χ3n) is 5.90. The molecule has 0 spiro atoms. The number of ether oxygens (including phenoxy) is 4. The van der Waals surface area contributed by atoms with Gasteiger partial charge >= 0.3 is 11.9 Å². The van der Waals surface area contributed by atoms with E-state index in [1.54, 1.807) is 6.92 Å². The number of aliphatic hydroxyl groups excluding tert-OH is 1. The summed E-state index contributed by atoms with van der Waals surface area (Å²) in [6.07, 6.45) is 0.518. The van der Waals surface area contributed by atoms with Gasteiger partial charge in [-0.25, -0.2) is 9.59 Å². The van der Waals surface area contributed by atoms with Gasteiger partial charge in [0.25, 0.3) is 0 Å². The summed E-state index contributed by atoms with van der Waals surface area (Å²) in [6.45, 7) is 6.92. The van der Waals surface area contributed by atoms with E-state index >= 15 is 0 Å². The van der Waals surface area contributed by atoms with Gasteiger partial charge in [0.2, 0.25) is 11.4 Å². The Morgan fingerprint density at radius 3 is 2.78 bits per heavy atom. The number of carbonyl (C=O) groups is 3. The van der Waals surface area contributed by atoms with E-state index in [1.807, 2.05) is 6.92 Å². The van der Waals surface area contributed by atoms with Crippen LogP contribution in [0.25, 0.3) is 0 Å². The molecule has 4 heterocycles. The van der Waals surface area contributed by atoms with Gasteiger partial charge in [-0.05, 0) is 13.3 Å². The molecule has 146 valence electrons. The lowest BCUT2D eigenvalue weighted by Crippen LogP contribution is -2.45. The van der Waals surface area contributed by atoms with Crippen molar-refractivity contribution in [1.29, 1.82) is 0 Å². The Bertz CT molecular complexity index is 764. The average Bonchev–Trinajstić information content (AvgIpc) is 3.28. The van der Waals surface area contributed by atoms with Gasteiger partial charge in [0.15, 0.2) is 5.60 Å². The summed E-state index contributed by atoms with van der Waals surface area (Å²) in [5.41, 5.74) is -2.36. The number of aliphatic hydroxyl groups is 1. The van der Waals surface area contributed by atoms with E-state index in [4.69, 9.17) is 18.9 Å².